The van der Waals surface area contributed by atoms with Gasteiger partial charge in [-0.25, -0.2) is 26.6 Å². The van der Waals surface area contributed by atoms with Gasteiger partial charge in [0, 0.05) is 17.1 Å². The molecule has 0 saturated carbocycles. The third-order valence-corrected chi connectivity index (χ3v) is 6.13. The number of fused-ring (bicyclic) bond motifs is 1. The molecule has 0 amide bonds. The largest absolute Gasteiger partial charge is 0.277 e. The predicted molar refractivity (Wildman–Crippen MR) is 111 cm³/mol. The van der Waals surface area contributed by atoms with Gasteiger partial charge in [0.1, 0.15) is 11.6 Å². The van der Waals surface area contributed by atoms with Crippen molar-refractivity contribution >= 4 is 42.7 Å². The summed E-state index contributed by atoms with van der Waals surface area (Å²) in [4.78, 5) is 3.77. The molecule has 0 unspecified atom stereocenters. The van der Waals surface area contributed by atoms with Crippen LogP contribution in [0.5, 0.6) is 0 Å². The van der Waals surface area contributed by atoms with E-state index in [9.17, 15) is 21.6 Å². The van der Waals surface area contributed by atoms with Crippen molar-refractivity contribution in [1.29, 1.82) is 0 Å². The first kappa shape index (κ1) is 20.9. The minimum Gasteiger partial charge on any atom is -0.277 e. The van der Waals surface area contributed by atoms with E-state index in [1.165, 1.54) is 12.4 Å². The summed E-state index contributed by atoms with van der Waals surface area (Å²) in [5.74, 6) is 2.17. The molecule has 2 aromatic heterocycles. The smallest absolute Gasteiger partial charge is 0.262 e. The number of H-pyrrole nitrogens is 1. The van der Waals surface area contributed by atoms with Crippen LogP contribution in [0.25, 0.3) is 11.0 Å². The van der Waals surface area contributed by atoms with Crippen LogP contribution in [0.2, 0.25) is 0 Å². The monoisotopic (exact) mass is 506 g/mol. The molecule has 6 nitrogen and oxygen atoms in total. The summed E-state index contributed by atoms with van der Waals surface area (Å²) < 4.78 is 69.4. The first-order chi connectivity index (χ1) is 14.7. The van der Waals surface area contributed by atoms with Gasteiger partial charge in [0.2, 0.25) is 0 Å². The molecular formula is C20H10BrF3N4O2S. The molecular weight excluding hydrogens is 497 g/mol. The number of pyridine rings is 1. The zero-order chi connectivity index (χ0) is 22.2. The van der Waals surface area contributed by atoms with Crippen molar-refractivity contribution in [2.24, 2.45) is 0 Å². The van der Waals surface area contributed by atoms with Crippen LogP contribution in [-0.2, 0) is 10.0 Å². The molecule has 0 aliphatic rings. The fraction of sp³-hybridized carbons (Fsp3) is 0. The Labute approximate surface area is 182 Å². The number of aromatic amines is 1. The van der Waals surface area contributed by atoms with E-state index in [1.54, 1.807) is 6.07 Å². The van der Waals surface area contributed by atoms with Crippen LogP contribution in [0.15, 0.2) is 58.2 Å². The molecule has 0 aliphatic carbocycles. The topological polar surface area (TPSA) is 87.7 Å². The van der Waals surface area contributed by atoms with Gasteiger partial charge in [-0.1, -0.05) is 11.8 Å². The minimum absolute atomic E-state index is 0.0790. The highest BCUT2D eigenvalue weighted by Gasteiger charge is 2.20. The number of halogens is 4. The fourth-order valence-electron chi connectivity index (χ4n) is 2.63. The summed E-state index contributed by atoms with van der Waals surface area (Å²) in [6.07, 6.45) is 2.93. The molecule has 156 valence electrons. The van der Waals surface area contributed by atoms with Crippen molar-refractivity contribution in [1.82, 2.24) is 15.2 Å². The second kappa shape index (κ2) is 8.05. The molecule has 0 aliphatic heterocycles. The zero-order valence-electron chi connectivity index (χ0n) is 15.2. The lowest BCUT2D eigenvalue weighted by Crippen LogP contribution is -2.15. The van der Waals surface area contributed by atoms with Gasteiger partial charge in [0.25, 0.3) is 10.0 Å². The van der Waals surface area contributed by atoms with E-state index >= 15 is 0 Å². The summed E-state index contributed by atoms with van der Waals surface area (Å²) in [6.45, 7) is 0. The van der Waals surface area contributed by atoms with Gasteiger partial charge in [-0.2, -0.15) is 5.10 Å². The number of hydrogen-bond acceptors (Lipinski definition) is 4. The van der Waals surface area contributed by atoms with Crippen LogP contribution in [-0.4, -0.2) is 23.6 Å². The summed E-state index contributed by atoms with van der Waals surface area (Å²) in [7, 11) is -4.27. The average Bonchev–Trinajstić information content (AvgIpc) is 3.20. The second-order valence-corrected chi connectivity index (χ2v) is 8.78. The molecule has 2 heterocycles. The number of hydrogen-bond donors (Lipinski definition) is 2. The van der Waals surface area contributed by atoms with E-state index in [2.05, 4.69) is 43.0 Å². The van der Waals surface area contributed by atoms with Crippen molar-refractivity contribution in [3.05, 3.63) is 81.8 Å². The highest BCUT2D eigenvalue weighted by atomic mass is 79.9. The first-order valence-electron chi connectivity index (χ1n) is 8.51. The maximum atomic E-state index is 14.9. The Bertz CT molecular complexity index is 1490. The third-order valence-electron chi connectivity index (χ3n) is 4.16. The van der Waals surface area contributed by atoms with Gasteiger partial charge in [0.05, 0.1) is 26.8 Å². The SMILES string of the molecule is O=S(=O)(Nc1ccc(F)c(C#Cc2cnc3[nH]ncc3c2)c1F)c1ccc(F)c(Br)c1. The van der Waals surface area contributed by atoms with Gasteiger partial charge >= 0.3 is 0 Å². The molecule has 0 radical (unpaired) electrons. The predicted octanol–water partition coefficient (Wildman–Crippen LogP) is 4.34. The Hall–Kier alpha value is -3.36. The lowest BCUT2D eigenvalue weighted by atomic mass is 10.1. The van der Waals surface area contributed by atoms with E-state index in [4.69, 9.17) is 0 Å². The van der Waals surface area contributed by atoms with Crippen molar-refractivity contribution in [2.45, 2.75) is 4.90 Å². The van der Waals surface area contributed by atoms with Crippen molar-refractivity contribution in [3.63, 3.8) is 0 Å². The molecule has 4 aromatic rings. The number of rotatable bonds is 3. The first-order valence-corrected chi connectivity index (χ1v) is 10.8. The molecule has 31 heavy (non-hydrogen) atoms. The van der Waals surface area contributed by atoms with Crippen LogP contribution in [0, 0.1) is 29.3 Å². The molecule has 2 N–H and O–H groups in total. The molecule has 2 aromatic carbocycles. The maximum absolute atomic E-state index is 14.9. The Morgan fingerprint density at radius 1 is 1.00 bits per heavy atom. The van der Waals surface area contributed by atoms with E-state index in [1.807, 2.05) is 4.72 Å². The van der Waals surface area contributed by atoms with Crippen LogP contribution < -0.4 is 4.72 Å². The molecule has 0 bridgehead atoms. The van der Waals surface area contributed by atoms with Crippen molar-refractivity contribution in [2.75, 3.05) is 4.72 Å². The van der Waals surface area contributed by atoms with Crippen LogP contribution in [0.1, 0.15) is 11.1 Å². The number of aromatic nitrogens is 3. The second-order valence-electron chi connectivity index (χ2n) is 6.25. The number of sulfonamides is 1. The number of nitrogens with zero attached hydrogens (tertiary/aromatic N) is 2. The van der Waals surface area contributed by atoms with Gasteiger partial charge in [0.15, 0.2) is 11.5 Å². The third kappa shape index (κ3) is 4.26. The number of nitrogens with one attached hydrogen (secondary N) is 2. The Morgan fingerprint density at radius 2 is 1.77 bits per heavy atom. The molecule has 11 heteroatoms. The molecule has 0 saturated heterocycles. The maximum Gasteiger partial charge on any atom is 0.262 e. The lowest BCUT2D eigenvalue weighted by Gasteiger charge is -2.11. The van der Waals surface area contributed by atoms with E-state index in [-0.39, 0.29) is 9.37 Å². The molecule has 0 fully saturated rings. The van der Waals surface area contributed by atoms with E-state index in [0.717, 1.165) is 30.3 Å². The summed E-state index contributed by atoms with van der Waals surface area (Å²) in [5, 5.41) is 7.16. The Kier molecular flexibility index (Phi) is 5.43. The zero-order valence-corrected chi connectivity index (χ0v) is 17.7. The van der Waals surface area contributed by atoms with Crippen LogP contribution in [0.4, 0.5) is 18.9 Å². The van der Waals surface area contributed by atoms with Crippen molar-refractivity contribution < 1.29 is 21.6 Å². The molecule has 0 atom stereocenters. The number of benzene rings is 2. The standard InChI is InChI=1S/C20H10BrF3N4O2S/c21-15-8-13(2-4-17(15)23)31(29,30)28-18-6-5-16(22)14(19(18)24)3-1-11-7-12-10-26-27-20(12)25-9-11/h2,4-10,28H,(H,25,26,27). The normalized spacial score (nSPS) is 11.2. The summed E-state index contributed by atoms with van der Waals surface area (Å²) >= 11 is 2.89. The van der Waals surface area contributed by atoms with Crippen LogP contribution in [0.3, 0.4) is 0 Å². The van der Waals surface area contributed by atoms with E-state index in [0.29, 0.717) is 16.6 Å². The molecule has 0 spiro atoms. The van der Waals surface area contributed by atoms with Crippen LogP contribution >= 0.6 is 15.9 Å². The van der Waals surface area contributed by atoms with Gasteiger partial charge in [-0.05, 0) is 52.3 Å². The Morgan fingerprint density at radius 3 is 2.55 bits per heavy atom. The average molecular weight is 507 g/mol. The van der Waals surface area contributed by atoms with Crippen molar-refractivity contribution in [3.8, 4) is 11.8 Å². The summed E-state index contributed by atoms with van der Waals surface area (Å²) in [5.41, 5.74) is -0.205. The highest BCUT2D eigenvalue weighted by Crippen LogP contribution is 2.26. The fourth-order valence-corrected chi connectivity index (χ4v) is 4.25. The van der Waals surface area contributed by atoms with Gasteiger partial charge in [-0.15, -0.1) is 0 Å². The highest BCUT2D eigenvalue weighted by molar-refractivity contribution is 9.10. The van der Waals surface area contributed by atoms with Gasteiger partial charge in [-0.3, -0.25) is 9.82 Å². The van der Waals surface area contributed by atoms with Gasteiger partial charge < -0.3 is 0 Å². The minimum atomic E-state index is -4.27. The Balaban J connectivity index is 1.68. The summed E-state index contributed by atoms with van der Waals surface area (Å²) in [6, 6.07) is 6.45. The molecule has 4 rings (SSSR count). The quantitative estimate of drug-likeness (QED) is 0.404. The van der Waals surface area contributed by atoms with E-state index < -0.39 is 38.7 Å². The number of anilines is 1. The lowest BCUT2D eigenvalue weighted by molar-refractivity contribution is 0.577.